The largest absolute Gasteiger partial charge is 0.322 e. The predicted octanol–water partition coefficient (Wildman–Crippen LogP) is 7.32. The number of amides is 2. The molecule has 4 nitrogen and oxygen atoms in total. The van der Waals surface area contributed by atoms with Crippen LogP contribution in [0.25, 0.3) is 5.00 Å². The van der Waals surface area contributed by atoms with Crippen LogP contribution in [0.4, 0.5) is 10.5 Å². The van der Waals surface area contributed by atoms with Crippen LogP contribution in [0.5, 0.6) is 0 Å². The number of aryl methyl sites for hydroxylation is 1. The maximum Gasteiger partial charge on any atom is 0.322 e. The second-order valence-electron chi connectivity index (χ2n) is 8.68. The van der Waals surface area contributed by atoms with Gasteiger partial charge in [0.05, 0.1) is 18.3 Å². The van der Waals surface area contributed by atoms with Gasteiger partial charge in [0, 0.05) is 26.8 Å². The van der Waals surface area contributed by atoms with Crippen molar-refractivity contribution in [2.75, 3.05) is 5.32 Å². The van der Waals surface area contributed by atoms with E-state index in [0.29, 0.717) is 6.54 Å². The van der Waals surface area contributed by atoms with Crippen molar-refractivity contribution in [2.24, 2.45) is 0 Å². The molecular formula is C27H24BrN3OS. The molecule has 1 N–H and O–H groups in total. The van der Waals surface area contributed by atoms with Gasteiger partial charge in [-0.25, -0.2) is 4.79 Å². The summed E-state index contributed by atoms with van der Waals surface area (Å²) >= 11 is 5.39. The van der Waals surface area contributed by atoms with Gasteiger partial charge in [-0.1, -0.05) is 46.3 Å². The molecule has 2 aromatic carbocycles. The third kappa shape index (κ3) is 3.71. The van der Waals surface area contributed by atoms with Crippen LogP contribution in [-0.2, 0) is 19.4 Å². The van der Waals surface area contributed by atoms with E-state index in [2.05, 4.69) is 68.4 Å². The molecule has 0 spiro atoms. The van der Waals surface area contributed by atoms with Crippen molar-refractivity contribution in [1.82, 2.24) is 9.47 Å². The van der Waals surface area contributed by atoms with E-state index >= 15 is 0 Å². The van der Waals surface area contributed by atoms with Crippen LogP contribution in [0, 0.1) is 0 Å². The number of hydrogen-bond donors (Lipinski definition) is 1. The first kappa shape index (κ1) is 20.8. The third-order valence-electron chi connectivity index (χ3n) is 6.65. The molecule has 0 saturated carbocycles. The molecule has 0 unspecified atom stereocenters. The van der Waals surface area contributed by atoms with Crippen molar-refractivity contribution < 1.29 is 4.79 Å². The number of benzene rings is 2. The summed E-state index contributed by atoms with van der Waals surface area (Å²) in [5.41, 5.74) is 5.83. The minimum atomic E-state index is -0.171. The van der Waals surface area contributed by atoms with Crippen LogP contribution in [-0.4, -0.2) is 15.5 Å². The van der Waals surface area contributed by atoms with Crippen LogP contribution in [0.1, 0.15) is 46.1 Å². The summed E-state index contributed by atoms with van der Waals surface area (Å²) in [6.07, 6.45) is 6.89. The zero-order valence-corrected chi connectivity index (χ0v) is 20.5. The second-order valence-corrected chi connectivity index (χ2v) is 10.7. The summed E-state index contributed by atoms with van der Waals surface area (Å²) in [6, 6.07) is 22.1. The molecular weight excluding hydrogens is 494 g/mol. The summed E-state index contributed by atoms with van der Waals surface area (Å²) in [4.78, 5) is 17.3. The van der Waals surface area contributed by atoms with Gasteiger partial charge < -0.3 is 14.8 Å². The van der Waals surface area contributed by atoms with Gasteiger partial charge in [-0.3, -0.25) is 0 Å². The lowest BCUT2D eigenvalue weighted by molar-refractivity contribution is 0.194. The molecule has 0 radical (unpaired) electrons. The number of thiophene rings is 1. The van der Waals surface area contributed by atoms with Gasteiger partial charge in [0.1, 0.15) is 5.00 Å². The van der Waals surface area contributed by atoms with E-state index in [9.17, 15) is 4.79 Å². The summed E-state index contributed by atoms with van der Waals surface area (Å²) in [5.74, 6) is 0. The maximum absolute atomic E-state index is 13.8. The number of aromatic nitrogens is 1. The van der Waals surface area contributed by atoms with Crippen LogP contribution >= 0.6 is 27.3 Å². The monoisotopic (exact) mass is 517 g/mol. The van der Waals surface area contributed by atoms with E-state index in [1.165, 1.54) is 33.8 Å². The van der Waals surface area contributed by atoms with Crippen LogP contribution in [0.2, 0.25) is 0 Å². The van der Waals surface area contributed by atoms with E-state index in [4.69, 9.17) is 0 Å². The normalized spacial score (nSPS) is 17.0. The SMILES string of the molecule is O=C(Nc1ccc(Br)cc1)N1Cc2c(sc3c2CCCC3)-n2cccc2[C@@H]1c1ccccc1. The predicted molar refractivity (Wildman–Crippen MR) is 137 cm³/mol. The molecule has 1 atom stereocenters. The number of carbonyl (C=O) groups excluding carboxylic acids is 1. The fourth-order valence-corrected chi connectivity index (χ4v) is 6.77. The van der Waals surface area contributed by atoms with E-state index in [-0.39, 0.29) is 12.1 Å². The zero-order valence-electron chi connectivity index (χ0n) is 18.1. The van der Waals surface area contributed by atoms with Crippen LogP contribution in [0.15, 0.2) is 77.4 Å². The van der Waals surface area contributed by atoms with Gasteiger partial charge in [0.2, 0.25) is 0 Å². The highest BCUT2D eigenvalue weighted by atomic mass is 79.9. The summed E-state index contributed by atoms with van der Waals surface area (Å²) in [6.45, 7) is 0.602. The molecule has 2 aromatic heterocycles. The molecule has 2 aliphatic rings. The molecule has 6 rings (SSSR count). The Morgan fingerprint density at radius 1 is 0.939 bits per heavy atom. The van der Waals surface area contributed by atoms with Crippen LogP contribution in [0.3, 0.4) is 0 Å². The number of nitrogens with one attached hydrogen (secondary N) is 1. The van der Waals surface area contributed by atoms with Gasteiger partial charge in [-0.15, -0.1) is 11.3 Å². The van der Waals surface area contributed by atoms with E-state index < -0.39 is 0 Å². The Kier molecular flexibility index (Phi) is 5.35. The van der Waals surface area contributed by atoms with Crippen LogP contribution < -0.4 is 5.32 Å². The highest BCUT2D eigenvalue weighted by Crippen LogP contribution is 2.44. The van der Waals surface area contributed by atoms with Crippen molar-refractivity contribution >= 4 is 39.0 Å². The van der Waals surface area contributed by atoms with Gasteiger partial charge in [-0.2, -0.15) is 0 Å². The fraction of sp³-hybridized carbons (Fsp3) is 0.222. The number of fused-ring (bicyclic) bond motifs is 5. The van der Waals surface area contributed by atoms with Crippen molar-refractivity contribution in [1.29, 1.82) is 0 Å². The van der Waals surface area contributed by atoms with Gasteiger partial charge >= 0.3 is 6.03 Å². The highest BCUT2D eigenvalue weighted by Gasteiger charge is 2.36. The Morgan fingerprint density at radius 3 is 2.55 bits per heavy atom. The lowest BCUT2D eigenvalue weighted by Crippen LogP contribution is -2.38. The fourth-order valence-electron chi connectivity index (χ4n) is 5.10. The van der Waals surface area contributed by atoms with Crippen molar-refractivity contribution in [2.45, 2.75) is 38.3 Å². The zero-order chi connectivity index (χ0) is 22.4. The summed E-state index contributed by atoms with van der Waals surface area (Å²) < 4.78 is 3.31. The van der Waals surface area contributed by atoms with Crippen molar-refractivity contribution in [3.63, 3.8) is 0 Å². The number of halogens is 1. The van der Waals surface area contributed by atoms with E-state index in [1.54, 1.807) is 0 Å². The first-order chi connectivity index (χ1) is 16.2. The number of hydrogen-bond acceptors (Lipinski definition) is 2. The molecule has 166 valence electrons. The van der Waals surface area contributed by atoms with Crippen molar-refractivity contribution in [3.8, 4) is 5.00 Å². The molecule has 2 amide bonds. The molecule has 0 saturated heterocycles. The van der Waals surface area contributed by atoms with E-state index in [1.807, 2.05) is 46.6 Å². The Bertz CT molecular complexity index is 1310. The first-order valence-corrected chi connectivity index (χ1v) is 13.0. The third-order valence-corrected chi connectivity index (χ3v) is 8.51. The molecule has 3 heterocycles. The maximum atomic E-state index is 13.8. The highest BCUT2D eigenvalue weighted by molar-refractivity contribution is 9.10. The van der Waals surface area contributed by atoms with Gasteiger partial charge in [0.25, 0.3) is 0 Å². The number of rotatable bonds is 2. The van der Waals surface area contributed by atoms with Gasteiger partial charge in [0.15, 0.2) is 0 Å². The quantitative estimate of drug-likeness (QED) is 0.297. The standard InChI is InChI=1S/C27H24BrN3OS/c28-19-12-14-20(15-13-19)29-27(32)31-17-22-21-9-4-5-11-24(21)33-26(22)30-16-6-10-23(30)25(31)18-7-2-1-3-8-18/h1-3,6-8,10,12-16,25H,4-5,9,11,17H2,(H,29,32)/t25-/m0/s1. The molecule has 0 bridgehead atoms. The minimum absolute atomic E-state index is 0.0810. The Balaban J connectivity index is 1.49. The molecule has 0 fully saturated rings. The first-order valence-electron chi connectivity index (χ1n) is 11.4. The number of carbonyl (C=O) groups is 1. The molecule has 33 heavy (non-hydrogen) atoms. The van der Waals surface area contributed by atoms with E-state index in [0.717, 1.165) is 34.3 Å². The number of urea groups is 1. The lowest BCUT2D eigenvalue weighted by atomic mass is 9.95. The molecule has 4 aromatic rings. The average Bonchev–Trinajstić information content (AvgIpc) is 3.43. The Morgan fingerprint density at radius 2 is 1.73 bits per heavy atom. The smallest absolute Gasteiger partial charge is 0.310 e. The lowest BCUT2D eigenvalue weighted by Gasteiger charge is -2.31. The molecule has 1 aliphatic carbocycles. The summed E-state index contributed by atoms with van der Waals surface area (Å²) in [7, 11) is 0. The summed E-state index contributed by atoms with van der Waals surface area (Å²) in [5, 5.41) is 4.43. The topological polar surface area (TPSA) is 37.3 Å². The molecule has 6 heteroatoms. The van der Waals surface area contributed by atoms with Gasteiger partial charge in [-0.05, 0) is 73.2 Å². The van der Waals surface area contributed by atoms with Crippen molar-refractivity contribution in [3.05, 3.63) is 105 Å². The Labute approximate surface area is 206 Å². The molecule has 1 aliphatic heterocycles. The second kappa shape index (κ2) is 8.50. The average molecular weight is 518 g/mol. The number of nitrogens with zero attached hydrogens (tertiary/aromatic N) is 2. The minimum Gasteiger partial charge on any atom is -0.310 e. The Hall–Kier alpha value is -2.83. The number of anilines is 1.